The lowest BCUT2D eigenvalue weighted by molar-refractivity contribution is 0.242. The van der Waals surface area contributed by atoms with Crippen LogP contribution in [-0.2, 0) is 10.0 Å². The predicted molar refractivity (Wildman–Crippen MR) is 70.0 cm³/mol. The van der Waals surface area contributed by atoms with Gasteiger partial charge in [-0.2, -0.15) is 0 Å². The van der Waals surface area contributed by atoms with Crippen molar-refractivity contribution in [3.05, 3.63) is 23.8 Å². The second-order valence-corrected chi connectivity index (χ2v) is 6.16. The molecule has 0 unspecified atom stereocenters. The van der Waals surface area contributed by atoms with Gasteiger partial charge >= 0.3 is 0 Å². The number of aryl methyl sites for hydroxylation is 1. The molecule has 0 atom stereocenters. The first-order chi connectivity index (χ1) is 7.84. The Kier molecular flexibility index (Phi) is 4.40. The molecular formula is C12H19NO3S. The van der Waals surface area contributed by atoms with E-state index in [0.29, 0.717) is 5.69 Å². The standard InChI is InChI=1S/C12H19NO3S/c1-5-17(14,15)13-12-7-6-11(8-10(12)4)16-9(2)3/h6-9,13H,5H2,1-4H3. The highest BCUT2D eigenvalue weighted by atomic mass is 32.2. The minimum atomic E-state index is -3.22. The molecule has 1 rings (SSSR count). The predicted octanol–water partition coefficient (Wildman–Crippen LogP) is 2.54. The molecular weight excluding hydrogens is 238 g/mol. The number of ether oxygens (including phenoxy) is 1. The molecule has 0 amide bonds. The fraction of sp³-hybridized carbons (Fsp3) is 0.500. The first-order valence-corrected chi connectivity index (χ1v) is 7.27. The Morgan fingerprint density at radius 2 is 2.00 bits per heavy atom. The van der Waals surface area contributed by atoms with Crippen LogP contribution in [0, 0.1) is 6.92 Å². The van der Waals surface area contributed by atoms with E-state index in [0.717, 1.165) is 11.3 Å². The molecule has 0 spiro atoms. The van der Waals surface area contributed by atoms with E-state index in [1.807, 2.05) is 26.8 Å². The molecule has 1 aromatic rings. The summed E-state index contributed by atoms with van der Waals surface area (Å²) in [6.07, 6.45) is 0.104. The summed E-state index contributed by atoms with van der Waals surface area (Å²) in [6, 6.07) is 5.31. The minimum Gasteiger partial charge on any atom is -0.491 e. The van der Waals surface area contributed by atoms with Crippen LogP contribution in [0.25, 0.3) is 0 Å². The molecule has 4 nitrogen and oxygen atoms in total. The average molecular weight is 257 g/mol. The fourth-order valence-electron chi connectivity index (χ4n) is 1.34. The van der Waals surface area contributed by atoms with Gasteiger partial charge in [0.25, 0.3) is 0 Å². The largest absolute Gasteiger partial charge is 0.491 e. The van der Waals surface area contributed by atoms with Crippen molar-refractivity contribution in [2.45, 2.75) is 33.8 Å². The Labute approximate surface area is 103 Å². The van der Waals surface area contributed by atoms with Crippen molar-refractivity contribution in [3.8, 4) is 5.75 Å². The van der Waals surface area contributed by atoms with E-state index in [1.165, 1.54) is 0 Å². The lowest BCUT2D eigenvalue weighted by Gasteiger charge is -2.13. The molecule has 17 heavy (non-hydrogen) atoms. The van der Waals surface area contributed by atoms with E-state index in [4.69, 9.17) is 4.74 Å². The molecule has 0 aliphatic rings. The van der Waals surface area contributed by atoms with Crippen molar-refractivity contribution in [2.24, 2.45) is 0 Å². The van der Waals surface area contributed by atoms with Crippen LogP contribution in [0.2, 0.25) is 0 Å². The Hall–Kier alpha value is -1.23. The number of rotatable bonds is 5. The van der Waals surface area contributed by atoms with Crippen LogP contribution in [0.3, 0.4) is 0 Å². The zero-order valence-corrected chi connectivity index (χ0v) is 11.5. The number of anilines is 1. The first kappa shape index (κ1) is 13.8. The van der Waals surface area contributed by atoms with Gasteiger partial charge in [-0.05, 0) is 51.5 Å². The number of nitrogens with one attached hydrogen (secondary N) is 1. The van der Waals surface area contributed by atoms with Gasteiger partial charge in [-0.25, -0.2) is 8.42 Å². The van der Waals surface area contributed by atoms with Crippen molar-refractivity contribution in [1.29, 1.82) is 0 Å². The second kappa shape index (κ2) is 5.40. The first-order valence-electron chi connectivity index (χ1n) is 5.62. The van der Waals surface area contributed by atoms with E-state index in [1.54, 1.807) is 19.1 Å². The zero-order chi connectivity index (χ0) is 13.1. The second-order valence-electron chi connectivity index (χ2n) is 4.15. The molecule has 1 aromatic carbocycles. The molecule has 5 heteroatoms. The van der Waals surface area contributed by atoms with Crippen molar-refractivity contribution >= 4 is 15.7 Å². The molecule has 0 bridgehead atoms. The molecule has 1 N–H and O–H groups in total. The molecule has 96 valence electrons. The number of hydrogen-bond acceptors (Lipinski definition) is 3. The lowest BCUT2D eigenvalue weighted by atomic mass is 10.2. The SMILES string of the molecule is CCS(=O)(=O)Nc1ccc(OC(C)C)cc1C. The number of benzene rings is 1. The smallest absolute Gasteiger partial charge is 0.232 e. The molecule has 0 aliphatic heterocycles. The maximum absolute atomic E-state index is 11.4. The highest BCUT2D eigenvalue weighted by Crippen LogP contribution is 2.23. The molecule has 0 saturated heterocycles. The van der Waals surface area contributed by atoms with Crippen LogP contribution in [0.4, 0.5) is 5.69 Å². The summed E-state index contributed by atoms with van der Waals surface area (Å²) in [5.41, 5.74) is 1.45. The average Bonchev–Trinajstić information content (AvgIpc) is 2.21. The molecule has 0 aliphatic carbocycles. The molecule has 0 aromatic heterocycles. The maximum atomic E-state index is 11.4. The number of hydrogen-bond donors (Lipinski definition) is 1. The topological polar surface area (TPSA) is 55.4 Å². The highest BCUT2D eigenvalue weighted by molar-refractivity contribution is 7.92. The summed E-state index contributed by atoms with van der Waals surface area (Å²) < 4.78 is 30.9. The molecule has 0 saturated carbocycles. The van der Waals surface area contributed by atoms with E-state index in [9.17, 15) is 8.42 Å². The third-order valence-corrected chi connectivity index (χ3v) is 3.51. The van der Waals surface area contributed by atoms with Crippen molar-refractivity contribution in [2.75, 3.05) is 10.5 Å². The zero-order valence-electron chi connectivity index (χ0n) is 10.6. The summed E-state index contributed by atoms with van der Waals surface area (Å²) in [5, 5.41) is 0. The van der Waals surface area contributed by atoms with Gasteiger partial charge in [-0.3, -0.25) is 4.72 Å². The monoisotopic (exact) mass is 257 g/mol. The van der Waals surface area contributed by atoms with Gasteiger partial charge in [0.2, 0.25) is 10.0 Å². The van der Waals surface area contributed by atoms with Gasteiger partial charge in [0, 0.05) is 0 Å². The van der Waals surface area contributed by atoms with Crippen molar-refractivity contribution in [1.82, 2.24) is 0 Å². The minimum absolute atomic E-state index is 0.0662. The van der Waals surface area contributed by atoms with Crippen LogP contribution in [0.15, 0.2) is 18.2 Å². The van der Waals surface area contributed by atoms with Gasteiger partial charge in [-0.1, -0.05) is 0 Å². The lowest BCUT2D eigenvalue weighted by Crippen LogP contribution is -2.15. The molecule has 0 fully saturated rings. The van der Waals surface area contributed by atoms with Crippen molar-refractivity contribution < 1.29 is 13.2 Å². The fourth-order valence-corrected chi connectivity index (χ4v) is 2.04. The Bertz CT molecular complexity index is 481. The third kappa shape index (κ3) is 4.26. The quantitative estimate of drug-likeness (QED) is 0.882. The normalized spacial score (nSPS) is 11.6. The van der Waals surface area contributed by atoms with Crippen LogP contribution in [0.5, 0.6) is 5.75 Å². The summed E-state index contributed by atoms with van der Waals surface area (Å²) in [4.78, 5) is 0. The van der Waals surface area contributed by atoms with E-state index in [-0.39, 0.29) is 11.9 Å². The van der Waals surface area contributed by atoms with E-state index in [2.05, 4.69) is 4.72 Å². The highest BCUT2D eigenvalue weighted by Gasteiger charge is 2.09. The van der Waals surface area contributed by atoms with Gasteiger partial charge in [0.15, 0.2) is 0 Å². The van der Waals surface area contributed by atoms with Gasteiger partial charge in [-0.15, -0.1) is 0 Å². The third-order valence-electron chi connectivity index (χ3n) is 2.22. The summed E-state index contributed by atoms with van der Waals surface area (Å²) in [5.74, 6) is 0.813. The Morgan fingerprint density at radius 3 is 2.47 bits per heavy atom. The van der Waals surface area contributed by atoms with Gasteiger partial charge < -0.3 is 4.74 Å². The van der Waals surface area contributed by atoms with E-state index >= 15 is 0 Å². The summed E-state index contributed by atoms with van der Waals surface area (Å²) >= 11 is 0. The van der Waals surface area contributed by atoms with Gasteiger partial charge in [0.05, 0.1) is 17.5 Å². The maximum Gasteiger partial charge on any atom is 0.232 e. The Balaban J connectivity index is 2.91. The van der Waals surface area contributed by atoms with Crippen LogP contribution < -0.4 is 9.46 Å². The van der Waals surface area contributed by atoms with Crippen molar-refractivity contribution in [3.63, 3.8) is 0 Å². The summed E-state index contributed by atoms with van der Waals surface area (Å²) in [6.45, 7) is 7.35. The Morgan fingerprint density at radius 1 is 1.35 bits per heavy atom. The molecule has 0 radical (unpaired) electrons. The van der Waals surface area contributed by atoms with E-state index < -0.39 is 10.0 Å². The summed E-state index contributed by atoms with van der Waals surface area (Å²) in [7, 11) is -3.22. The van der Waals surface area contributed by atoms with Crippen LogP contribution in [-0.4, -0.2) is 20.3 Å². The van der Waals surface area contributed by atoms with Crippen LogP contribution in [0.1, 0.15) is 26.3 Å². The molecule has 0 heterocycles. The number of sulfonamides is 1. The van der Waals surface area contributed by atoms with Gasteiger partial charge in [0.1, 0.15) is 5.75 Å². The van der Waals surface area contributed by atoms with Crippen LogP contribution >= 0.6 is 0 Å².